The molecule has 7 aromatic carbocycles. The van der Waals surface area contributed by atoms with Gasteiger partial charge in [0.25, 0.3) is 0 Å². The lowest BCUT2D eigenvalue weighted by Gasteiger charge is -2.28. The van der Waals surface area contributed by atoms with Gasteiger partial charge in [0, 0.05) is 22.1 Å². The maximum Gasteiger partial charge on any atom is 0.183 e. The molecule has 8 rings (SSSR count). The molecule has 0 N–H and O–H groups in total. The van der Waals surface area contributed by atoms with Crippen molar-refractivity contribution in [1.82, 2.24) is 0 Å². The minimum absolute atomic E-state index is 0.0899. The number of nitrogens with zero attached hydrogens (tertiary/aromatic N) is 2. The first-order valence-electron chi connectivity index (χ1n) is 14.6. The SMILES string of the molecule is CC1(C)c2cccc3ccc4cc(-c5ccc(N(c6ccc(C#N)cc6)c6cccc7ccccc67)c(F)c5F)cc1c4c23. The normalized spacial score (nSPS) is 13.2. The first kappa shape index (κ1) is 26.1. The van der Waals surface area contributed by atoms with Crippen molar-refractivity contribution < 1.29 is 8.78 Å². The van der Waals surface area contributed by atoms with Gasteiger partial charge >= 0.3 is 0 Å². The predicted octanol–water partition coefficient (Wildman–Crippen LogP) is 11.1. The fraction of sp³-hybridized carbons (Fsp3) is 0.0750. The van der Waals surface area contributed by atoms with Gasteiger partial charge in [0.05, 0.1) is 23.0 Å². The van der Waals surface area contributed by atoms with Gasteiger partial charge in [-0.1, -0.05) is 80.6 Å². The number of benzene rings is 7. The molecule has 0 saturated heterocycles. The van der Waals surface area contributed by atoms with Crippen molar-refractivity contribution in [2.45, 2.75) is 19.3 Å². The highest BCUT2D eigenvalue weighted by Gasteiger charge is 2.34. The summed E-state index contributed by atoms with van der Waals surface area (Å²) in [5.74, 6) is -1.84. The van der Waals surface area contributed by atoms with E-state index in [2.05, 4.69) is 50.2 Å². The summed E-state index contributed by atoms with van der Waals surface area (Å²) in [5, 5.41) is 15.9. The average Bonchev–Trinajstić information content (AvgIpc) is 3.29. The maximum atomic E-state index is 16.5. The standard InChI is InChI=1S/C40H26F2N2/c1-40(2)32-11-5-9-26-15-16-27-21-28(22-33(40)37(27)36(26)32)31-19-20-35(39(42)38(31)41)44(29-17-13-24(23-43)14-18-29)34-12-6-8-25-7-3-4-10-30(25)34/h3-22H,1-2H3. The van der Waals surface area contributed by atoms with Crippen LogP contribution in [0.25, 0.3) is 43.4 Å². The number of anilines is 3. The third kappa shape index (κ3) is 3.69. The van der Waals surface area contributed by atoms with Gasteiger partial charge in [0.1, 0.15) is 0 Å². The summed E-state index contributed by atoms with van der Waals surface area (Å²) < 4.78 is 32.8. The van der Waals surface area contributed by atoms with Crippen molar-refractivity contribution in [2.24, 2.45) is 0 Å². The lowest BCUT2D eigenvalue weighted by atomic mass is 9.81. The van der Waals surface area contributed by atoms with Crippen molar-refractivity contribution in [3.63, 3.8) is 0 Å². The lowest BCUT2D eigenvalue weighted by Crippen LogP contribution is -2.15. The quantitative estimate of drug-likeness (QED) is 0.196. The summed E-state index contributed by atoms with van der Waals surface area (Å²) in [5.41, 5.74) is 4.87. The Labute approximate surface area is 254 Å². The van der Waals surface area contributed by atoms with Crippen molar-refractivity contribution in [3.05, 3.63) is 150 Å². The number of hydrogen-bond donors (Lipinski definition) is 0. The molecule has 0 spiro atoms. The Bertz CT molecular complexity index is 2340. The highest BCUT2D eigenvalue weighted by molar-refractivity contribution is 6.15. The minimum Gasteiger partial charge on any atom is -0.307 e. The molecule has 0 aliphatic heterocycles. The van der Waals surface area contributed by atoms with Crippen LogP contribution in [0.2, 0.25) is 0 Å². The van der Waals surface area contributed by atoms with Gasteiger partial charge in [0.2, 0.25) is 0 Å². The molecule has 0 unspecified atom stereocenters. The highest BCUT2D eigenvalue weighted by Crippen LogP contribution is 2.50. The number of halogens is 2. The summed E-state index contributed by atoms with van der Waals surface area (Å²) in [6.45, 7) is 4.39. The molecule has 1 aliphatic carbocycles. The fourth-order valence-corrected chi connectivity index (χ4v) is 6.99. The van der Waals surface area contributed by atoms with Crippen molar-refractivity contribution in [1.29, 1.82) is 5.26 Å². The van der Waals surface area contributed by atoms with Crippen LogP contribution in [-0.4, -0.2) is 0 Å². The number of nitriles is 1. The van der Waals surface area contributed by atoms with Gasteiger partial charge < -0.3 is 4.90 Å². The van der Waals surface area contributed by atoms with E-state index in [0.29, 0.717) is 22.5 Å². The summed E-state index contributed by atoms with van der Waals surface area (Å²) in [4.78, 5) is 1.72. The smallest absolute Gasteiger partial charge is 0.183 e. The average molecular weight is 573 g/mol. The van der Waals surface area contributed by atoms with Gasteiger partial charge in [0.15, 0.2) is 11.6 Å². The van der Waals surface area contributed by atoms with Crippen molar-refractivity contribution in [3.8, 4) is 17.2 Å². The maximum absolute atomic E-state index is 16.5. The van der Waals surface area contributed by atoms with Crippen molar-refractivity contribution in [2.75, 3.05) is 4.90 Å². The molecule has 4 heteroatoms. The molecule has 0 heterocycles. The summed E-state index contributed by atoms with van der Waals surface area (Å²) in [6, 6.07) is 40.6. The van der Waals surface area contributed by atoms with Crippen LogP contribution in [-0.2, 0) is 5.41 Å². The second-order valence-corrected chi connectivity index (χ2v) is 12.0. The van der Waals surface area contributed by atoms with Crippen LogP contribution in [0.5, 0.6) is 0 Å². The molecule has 2 nitrogen and oxygen atoms in total. The van der Waals surface area contributed by atoms with E-state index in [1.54, 1.807) is 41.3 Å². The van der Waals surface area contributed by atoms with Crippen LogP contribution < -0.4 is 4.90 Å². The first-order valence-corrected chi connectivity index (χ1v) is 14.6. The van der Waals surface area contributed by atoms with E-state index in [9.17, 15) is 5.26 Å². The van der Waals surface area contributed by atoms with Gasteiger partial charge in [-0.05, 0) is 98.2 Å². The third-order valence-electron chi connectivity index (χ3n) is 9.18. The molecule has 0 aromatic heterocycles. The molecule has 210 valence electrons. The Balaban J connectivity index is 1.32. The zero-order valence-corrected chi connectivity index (χ0v) is 24.2. The molecule has 0 bridgehead atoms. The molecule has 0 fully saturated rings. The molecule has 0 amide bonds. The van der Waals surface area contributed by atoms with Crippen LogP contribution in [0.4, 0.5) is 25.8 Å². The van der Waals surface area contributed by atoms with Gasteiger partial charge in [-0.25, -0.2) is 8.78 Å². The van der Waals surface area contributed by atoms with E-state index in [1.807, 2.05) is 54.6 Å². The molecule has 1 aliphatic rings. The second-order valence-electron chi connectivity index (χ2n) is 12.0. The van der Waals surface area contributed by atoms with Crippen LogP contribution in [0, 0.1) is 23.0 Å². The van der Waals surface area contributed by atoms with E-state index in [-0.39, 0.29) is 16.7 Å². The Kier molecular flexibility index (Phi) is 5.63. The van der Waals surface area contributed by atoms with Crippen LogP contribution in [0.3, 0.4) is 0 Å². The summed E-state index contributed by atoms with van der Waals surface area (Å²) >= 11 is 0. The molecule has 0 radical (unpaired) electrons. The Morgan fingerprint density at radius 1 is 0.614 bits per heavy atom. The minimum atomic E-state index is -0.936. The summed E-state index contributed by atoms with van der Waals surface area (Å²) in [7, 11) is 0. The monoisotopic (exact) mass is 572 g/mol. The molecule has 0 atom stereocenters. The van der Waals surface area contributed by atoms with Crippen LogP contribution in [0.1, 0.15) is 30.5 Å². The molecule has 44 heavy (non-hydrogen) atoms. The van der Waals surface area contributed by atoms with Crippen molar-refractivity contribution >= 4 is 49.4 Å². The molecular weight excluding hydrogens is 546 g/mol. The highest BCUT2D eigenvalue weighted by atomic mass is 19.2. The number of rotatable bonds is 4. The zero-order chi connectivity index (χ0) is 30.2. The third-order valence-corrected chi connectivity index (χ3v) is 9.18. The van der Waals surface area contributed by atoms with Gasteiger partial charge in [-0.2, -0.15) is 5.26 Å². The number of fused-ring (bicyclic) bond motifs is 1. The topological polar surface area (TPSA) is 27.0 Å². The first-order chi connectivity index (χ1) is 21.4. The van der Waals surface area contributed by atoms with E-state index >= 15 is 8.78 Å². The zero-order valence-electron chi connectivity index (χ0n) is 24.2. The molecule has 0 saturated carbocycles. The Morgan fingerprint density at radius 3 is 2.14 bits per heavy atom. The van der Waals surface area contributed by atoms with Crippen LogP contribution >= 0.6 is 0 Å². The van der Waals surface area contributed by atoms with Crippen LogP contribution in [0.15, 0.2) is 121 Å². The largest absolute Gasteiger partial charge is 0.307 e. The summed E-state index contributed by atoms with van der Waals surface area (Å²) in [6.07, 6.45) is 0. The molecule has 7 aromatic rings. The Morgan fingerprint density at radius 2 is 1.32 bits per heavy atom. The second kappa shape index (κ2) is 9.49. The molecular formula is C40H26F2N2. The van der Waals surface area contributed by atoms with E-state index in [1.165, 1.54) is 21.7 Å². The number of hydrogen-bond acceptors (Lipinski definition) is 2. The van der Waals surface area contributed by atoms with Gasteiger partial charge in [-0.3, -0.25) is 0 Å². The lowest BCUT2D eigenvalue weighted by molar-refractivity contribution is 0.512. The van der Waals surface area contributed by atoms with E-state index < -0.39 is 11.6 Å². The van der Waals surface area contributed by atoms with Gasteiger partial charge in [-0.15, -0.1) is 0 Å². The van der Waals surface area contributed by atoms with E-state index in [0.717, 1.165) is 21.7 Å². The predicted molar refractivity (Wildman–Crippen MR) is 176 cm³/mol. The fourth-order valence-electron chi connectivity index (χ4n) is 6.99. The Hall–Kier alpha value is -5.53. The van der Waals surface area contributed by atoms with E-state index in [4.69, 9.17) is 0 Å².